The molecule has 0 spiro atoms. The van der Waals surface area contributed by atoms with Gasteiger partial charge in [0.25, 0.3) is 0 Å². The van der Waals surface area contributed by atoms with E-state index in [1.807, 2.05) is 13.0 Å². The summed E-state index contributed by atoms with van der Waals surface area (Å²) >= 11 is 0. The lowest BCUT2D eigenvalue weighted by atomic mass is 9.86. The van der Waals surface area contributed by atoms with Gasteiger partial charge >= 0.3 is 5.97 Å². The summed E-state index contributed by atoms with van der Waals surface area (Å²) in [5, 5.41) is 6.23. The second kappa shape index (κ2) is 7.99. The Labute approximate surface area is 137 Å². The molecule has 0 bridgehead atoms. The Kier molecular flexibility index (Phi) is 6.02. The number of aryl methyl sites for hydroxylation is 1. The van der Waals surface area contributed by atoms with E-state index in [9.17, 15) is 9.59 Å². The molecule has 0 aromatic heterocycles. The van der Waals surface area contributed by atoms with Gasteiger partial charge in [-0.15, -0.1) is 0 Å². The highest BCUT2D eigenvalue weighted by Crippen LogP contribution is 2.23. The van der Waals surface area contributed by atoms with Crippen LogP contribution in [0.5, 0.6) is 0 Å². The zero-order valence-electron chi connectivity index (χ0n) is 14.1. The molecule has 23 heavy (non-hydrogen) atoms. The highest BCUT2D eigenvalue weighted by atomic mass is 16.5. The first-order valence-corrected chi connectivity index (χ1v) is 8.23. The minimum atomic E-state index is -0.381. The molecule has 126 valence electrons. The number of methoxy groups -OCH3 is 1. The van der Waals surface area contributed by atoms with Crippen LogP contribution in [-0.4, -0.2) is 31.6 Å². The number of ether oxygens (including phenoxy) is 1. The maximum Gasteiger partial charge on any atom is 0.337 e. The van der Waals surface area contributed by atoms with Crippen molar-refractivity contribution in [2.75, 3.05) is 19.0 Å². The zero-order valence-corrected chi connectivity index (χ0v) is 14.1. The molecule has 0 saturated heterocycles. The summed E-state index contributed by atoms with van der Waals surface area (Å²) in [6, 6.07) is 5.56. The molecule has 1 amide bonds. The predicted octanol–water partition coefficient (Wildman–Crippen LogP) is 2.89. The Balaban J connectivity index is 1.92. The fraction of sp³-hybridized carbons (Fsp3) is 0.556. The van der Waals surface area contributed by atoms with Gasteiger partial charge < -0.3 is 15.4 Å². The van der Waals surface area contributed by atoms with Crippen LogP contribution in [0.15, 0.2) is 18.2 Å². The van der Waals surface area contributed by atoms with Crippen LogP contribution >= 0.6 is 0 Å². The van der Waals surface area contributed by atoms with Crippen LogP contribution in [0.1, 0.15) is 48.5 Å². The lowest BCUT2D eigenvalue weighted by Gasteiger charge is -2.29. The molecule has 1 aliphatic rings. The minimum absolute atomic E-state index is 0.00776. The number of hydrogen-bond donors (Lipinski definition) is 2. The molecule has 1 aromatic rings. The van der Waals surface area contributed by atoms with Gasteiger partial charge in [-0.1, -0.05) is 25.8 Å². The molecular weight excluding hydrogens is 292 g/mol. The first-order valence-electron chi connectivity index (χ1n) is 8.23. The van der Waals surface area contributed by atoms with Gasteiger partial charge in [0.2, 0.25) is 5.91 Å². The number of carbonyl (C=O) groups excluding carboxylic acids is 2. The molecule has 5 nitrogen and oxygen atoms in total. The lowest BCUT2D eigenvalue weighted by molar-refractivity contribution is -0.120. The molecule has 1 fully saturated rings. The maximum absolute atomic E-state index is 12.2. The van der Waals surface area contributed by atoms with Crippen LogP contribution in [-0.2, 0) is 9.53 Å². The standard InChI is InChI=1S/C18H26N2O3/c1-12-6-4-5-7-15(12)20-17(21)11-19-16-10-14(18(22)23-3)9-8-13(16)2/h8-10,12,15,19H,4-7,11H2,1-3H3,(H,20,21). The Morgan fingerprint density at radius 2 is 2.00 bits per heavy atom. The van der Waals surface area contributed by atoms with Crippen molar-refractivity contribution >= 4 is 17.6 Å². The van der Waals surface area contributed by atoms with Crippen LogP contribution in [0.25, 0.3) is 0 Å². The second-order valence-electron chi connectivity index (χ2n) is 6.31. The highest BCUT2D eigenvalue weighted by Gasteiger charge is 2.22. The molecule has 2 unspecified atom stereocenters. The van der Waals surface area contributed by atoms with E-state index in [-0.39, 0.29) is 24.5 Å². The van der Waals surface area contributed by atoms with Gasteiger partial charge in [0.05, 0.1) is 19.2 Å². The summed E-state index contributed by atoms with van der Waals surface area (Å²) in [5.74, 6) is 0.150. The molecule has 2 rings (SSSR count). The molecule has 1 aromatic carbocycles. The van der Waals surface area contributed by atoms with Crippen molar-refractivity contribution in [3.8, 4) is 0 Å². The number of esters is 1. The van der Waals surface area contributed by atoms with Gasteiger partial charge in [-0.25, -0.2) is 4.79 Å². The normalized spacial score (nSPS) is 20.7. The molecular formula is C18H26N2O3. The monoisotopic (exact) mass is 318 g/mol. The summed E-state index contributed by atoms with van der Waals surface area (Å²) in [6.07, 6.45) is 4.68. The van der Waals surface area contributed by atoms with Gasteiger partial charge in [-0.05, 0) is 43.4 Å². The molecule has 2 atom stereocenters. The summed E-state index contributed by atoms with van der Waals surface area (Å²) in [6.45, 7) is 4.33. The summed E-state index contributed by atoms with van der Waals surface area (Å²) in [4.78, 5) is 23.7. The molecule has 5 heteroatoms. The minimum Gasteiger partial charge on any atom is -0.465 e. The average Bonchev–Trinajstić information content (AvgIpc) is 2.55. The van der Waals surface area contributed by atoms with Crippen LogP contribution in [0.3, 0.4) is 0 Å². The van der Waals surface area contributed by atoms with Crippen molar-refractivity contribution in [2.24, 2.45) is 5.92 Å². The Morgan fingerprint density at radius 1 is 1.26 bits per heavy atom. The van der Waals surface area contributed by atoms with E-state index in [1.165, 1.54) is 26.4 Å². The number of amides is 1. The predicted molar refractivity (Wildman–Crippen MR) is 90.6 cm³/mol. The largest absolute Gasteiger partial charge is 0.465 e. The molecule has 0 heterocycles. The van der Waals surface area contributed by atoms with E-state index in [4.69, 9.17) is 4.74 Å². The number of benzene rings is 1. The quantitative estimate of drug-likeness (QED) is 0.819. The maximum atomic E-state index is 12.2. The number of rotatable bonds is 5. The second-order valence-corrected chi connectivity index (χ2v) is 6.31. The van der Waals surface area contributed by atoms with Gasteiger partial charge in [0.1, 0.15) is 0 Å². The van der Waals surface area contributed by atoms with E-state index < -0.39 is 0 Å². The number of anilines is 1. The van der Waals surface area contributed by atoms with Gasteiger partial charge in [-0.3, -0.25) is 4.79 Å². The Bertz CT molecular complexity index is 571. The SMILES string of the molecule is COC(=O)c1ccc(C)c(NCC(=O)NC2CCCCC2C)c1. The number of nitrogens with one attached hydrogen (secondary N) is 2. The molecule has 0 radical (unpaired) electrons. The van der Waals surface area contributed by atoms with Gasteiger partial charge in [0.15, 0.2) is 0 Å². The van der Waals surface area contributed by atoms with E-state index in [0.29, 0.717) is 11.5 Å². The summed E-state index contributed by atoms with van der Waals surface area (Å²) in [7, 11) is 1.36. The van der Waals surface area contributed by atoms with Crippen molar-refractivity contribution in [1.29, 1.82) is 0 Å². The molecule has 2 N–H and O–H groups in total. The first kappa shape index (κ1) is 17.3. The first-order chi connectivity index (χ1) is 11.0. The highest BCUT2D eigenvalue weighted by molar-refractivity contribution is 5.91. The third kappa shape index (κ3) is 4.71. The summed E-state index contributed by atoms with van der Waals surface area (Å²) in [5.41, 5.74) is 2.23. The third-order valence-corrected chi connectivity index (χ3v) is 4.56. The lowest BCUT2D eigenvalue weighted by Crippen LogP contribution is -2.43. The van der Waals surface area contributed by atoms with Crippen LogP contribution < -0.4 is 10.6 Å². The van der Waals surface area contributed by atoms with Crippen molar-refractivity contribution in [3.63, 3.8) is 0 Å². The van der Waals surface area contributed by atoms with Crippen molar-refractivity contribution in [3.05, 3.63) is 29.3 Å². The van der Waals surface area contributed by atoms with E-state index in [0.717, 1.165) is 17.7 Å². The Morgan fingerprint density at radius 3 is 2.70 bits per heavy atom. The van der Waals surface area contributed by atoms with Crippen LogP contribution in [0.2, 0.25) is 0 Å². The van der Waals surface area contributed by atoms with Gasteiger partial charge in [0, 0.05) is 11.7 Å². The topological polar surface area (TPSA) is 67.4 Å². The summed E-state index contributed by atoms with van der Waals surface area (Å²) < 4.78 is 4.72. The van der Waals surface area contributed by atoms with E-state index in [1.54, 1.807) is 12.1 Å². The van der Waals surface area contributed by atoms with E-state index in [2.05, 4.69) is 17.6 Å². The van der Waals surface area contributed by atoms with Crippen LogP contribution in [0.4, 0.5) is 5.69 Å². The van der Waals surface area contributed by atoms with E-state index >= 15 is 0 Å². The average molecular weight is 318 g/mol. The molecule has 0 aliphatic heterocycles. The fourth-order valence-corrected chi connectivity index (χ4v) is 3.02. The molecule has 1 saturated carbocycles. The zero-order chi connectivity index (χ0) is 16.8. The van der Waals surface area contributed by atoms with Crippen molar-refractivity contribution in [1.82, 2.24) is 5.32 Å². The third-order valence-electron chi connectivity index (χ3n) is 4.56. The van der Waals surface area contributed by atoms with Gasteiger partial charge in [-0.2, -0.15) is 0 Å². The van der Waals surface area contributed by atoms with Crippen molar-refractivity contribution < 1.29 is 14.3 Å². The number of carbonyl (C=O) groups is 2. The van der Waals surface area contributed by atoms with Crippen molar-refractivity contribution in [2.45, 2.75) is 45.6 Å². The fourth-order valence-electron chi connectivity index (χ4n) is 3.02. The Hall–Kier alpha value is -2.04. The number of hydrogen-bond acceptors (Lipinski definition) is 4. The smallest absolute Gasteiger partial charge is 0.337 e. The molecule has 1 aliphatic carbocycles. The van der Waals surface area contributed by atoms with Crippen LogP contribution in [0, 0.1) is 12.8 Å².